The Labute approximate surface area is 181 Å². The number of carbonyl (C=O) groups is 1. The molecule has 9 nitrogen and oxygen atoms in total. The number of hydrogen-bond donors (Lipinski definition) is 2. The van der Waals surface area contributed by atoms with Crippen LogP contribution in [-0.2, 0) is 11.3 Å². The summed E-state index contributed by atoms with van der Waals surface area (Å²) in [4.78, 5) is 34.9. The molecule has 4 heterocycles. The molecule has 1 aliphatic heterocycles. The van der Waals surface area contributed by atoms with Crippen molar-refractivity contribution in [3.63, 3.8) is 0 Å². The molecule has 0 saturated carbocycles. The summed E-state index contributed by atoms with van der Waals surface area (Å²) in [5.74, 6) is -0.365. The van der Waals surface area contributed by atoms with Crippen molar-refractivity contribution < 1.29 is 9.53 Å². The zero-order valence-electron chi connectivity index (χ0n) is 17.2. The van der Waals surface area contributed by atoms with Gasteiger partial charge in [-0.25, -0.2) is 9.50 Å². The highest BCUT2D eigenvalue weighted by atomic mass is 32.1. The van der Waals surface area contributed by atoms with Crippen molar-refractivity contribution in [2.24, 2.45) is 0 Å². The van der Waals surface area contributed by atoms with Crippen LogP contribution < -0.4 is 10.9 Å². The van der Waals surface area contributed by atoms with Crippen LogP contribution in [0.4, 0.5) is 5.13 Å². The van der Waals surface area contributed by atoms with Crippen LogP contribution in [0.3, 0.4) is 0 Å². The summed E-state index contributed by atoms with van der Waals surface area (Å²) < 4.78 is 7.34. The van der Waals surface area contributed by atoms with Crippen molar-refractivity contribution in [2.45, 2.75) is 32.6 Å². The molecule has 1 aliphatic rings. The van der Waals surface area contributed by atoms with Gasteiger partial charge in [-0.2, -0.15) is 5.10 Å². The van der Waals surface area contributed by atoms with Gasteiger partial charge in [0.2, 0.25) is 0 Å². The van der Waals surface area contributed by atoms with Gasteiger partial charge in [0.05, 0.1) is 35.0 Å². The molecule has 2 N–H and O–H groups in total. The van der Waals surface area contributed by atoms with Crippen LogP contribution in [-0.4, -0.2) is 55.7 Å². The summed E-state index contributed by atoms with van der Waals surface area (Å²) in [5.41, 5.74) is 1.93. The van der Waals surface area contributed by atoms with Crippen molar-refractivity contribution in [2.75, 3.05) is 18.4 Å². The number of aromatic nitrogens is 4. The normalized spacial score (nSPS) is 19.8. The van der Waals surface area contributed by atoms with Crippen molar-refractivity contribution in [3.8, 4) is 0 Å². The fourth-order valence-corrected chi connectivity index (χ4v) is 4.78. The Balaban J connectivity index is 1.35. The van der Waals surface area contributed by atoms with Crippen molar-refractivity contribution >= 4 is 38.9 Å². The molecule has 1 fully saturated rings. The number of amides is 1. The number of thiazole rings is 1. The lowest BCUT2D eigenvalue weighted by atomic mass is 10.2. The van der Waals surface area contributed by atoms with Crippen LogP contribution >= 0.6 is 11.3 Å². The molecule has 160 valence electrons. The molecule has 1 saturated heterocycles. The number of aromatic amines is 1. The average Bonchev–Trinajstić information content (AvgIpc) is 3.34. The van der Waals surface area contributed by atoms with E-state index >= 15 is 0 Å². The van der Waals surface area contributed by atoms with Gasteiger partial charge in [-0.15, -0.1) is 11.3 Å². The minimum absolute atomic E-state index is 0.190. The molecule has 0 aliphatic carbocycles. The highest BCUT2D eigenvalue weighted by molar-refractivity contribution is 7.14. The molecule has 1 aromatic carbocycles. The lowest BCUT2D eigenvalue weighted by Crippen LogP contribution is -2.44. The van der Waals surface area contributed by atoms with Gasteiger partial charge in [-0.3, -0.25) is 19.8 Å². The predicted octanol–water partition coefficient (Wildman–Crippen LogP) is 2.49. The zero-order valence-corrected chi connectivity index (χ0v) is 18.0. The number of nitrogens with zero attached hydrogens (tertiary/aromatic N) is 4. The molecule has 2 atom stereocenters. The molecule has 5 rings (SSSR count). The smallest absolute Gasteiger partial charge is 0.262 e. The third-order valence-corrected chi connectivity index (χ3v) is 6.08. The van der Waals surface area contributed by atoms with Crippen molar-refractivity contribution in [3.05, 3.63) is 57.5 Å². The standard InChI is InChI=1S/C21H22N6O3S/c1-12-8-26(9-13(2)30-12)10-14-11-31-21(23-14)25-20(29)16-7-22-27-17-6-4-3-5-15(17)19(28)24-18(16)27/h3-7,11-13H,8-10H2,1-2H3,(H,24,28)(H,23,25,29). The van der Waals surface area contributed by atoms with Gasteiger partial charge >= 0.3 is 0 Å². The SMILES string of the molecule is CC1CN(Cc2csc(NC(=O)c3cnn4c3[nH]c(=O)c3ccccc34)n2)CC(C)O1. The number of morpholine rings is 1. The Morgan fingerprint density at radius 2 is 2.06 bits per heavy atom. The summed E-state index contributed by atoms with van der Waals surface area (Å²) in [6.45, 7) is 6.55. The molecule has 4 aromatic rings. The zero-order chi connectivity index (χ0) is 21.5. The summed E-state index contributed by atoms with van der Waals surface area (Å²) in [7, 11) is 0. The number of para-hydroxylation sites is 1. The molecule has 3 aromatic heterocycles. The number of H-pyrrole nitrogens is 1. The second-order valence-electron chi connectivity index (χ2n) is 7.84. The number of anilines is 1. The molecule has 31 heavy (non-hydrogen) atoms. The van der Waals surface area contributed by atoms with E-state index in [9.17, 15) is 9.59 Å². The van der Waals surface area contributed by atoms with Gasteiger partial charge in [0.15, 0.2) is 5.13 Å². The summed E-state index contributed by atoms with van der Waals surface area (Å²) >= 11 is 1.38. The Morgan fingerprint density at radius 3 is 2.87 bits per heavy atom. The second-order valence-corrected chi connectivity index (χ2v) is 8.70. The predicted molar refractivity (Wildman–Crippen MR) is 119 cm³/mol. The maximum atomic E-state index is 12.9. The Kier molecular flexibility index (Phi) is 5.05. The Hall–Kier alpha value is -3.08. The number of carbonyl (C=O) groups excluding carboxylic acids is 1. The minimum atomic E-state index is -0.365. The lowest BCUT2D eigenvalue weighted by Gasteiger charge is -2.34. The summed E-state index contributed by atoms with van der Waals surface area (Å²) in [6, 6.07) is 7.14. The van der Waals surface area contributed by atoms with E-state index < -0.39 is 0 Å². The molecule has 0 spiro atoms. The van der Waals surface area contributed by atoms with Crippen molar-refractivity contribution in [1.29, 1.82) is 0 Å². The van der Waals surface area contributed by atoms with Gasteiger partial charge in [0.1, 0.15) is 11.2 Å². The molecular weight excluding hydrogens is 416 g/mol. The molecule has 0 bridgehead atoms. The number of fused-ring (bicyclic) bond motifs is 3. The number of ether oxygens (including phenoxy) is 1. The van der Waals surface area contributed by atoms with E-state index in [1.807, 2.05) is 11.4 Å². The van der Waals surface area contributed by atoms with Gasteiger partial charge in [-0.05, 0) is 26.0 Å². The van der Waals surface area contributed by atoms with Crippen LogP contribution in [0, 0.1) is 0 Å². The summed E-state index contributed by atoms with van der Waals surface area (Å²) in [5, 5.41) is 10.1. The Bertz CT molecular complexity index is 1320. The van der Waals surface area contributed by atoms with Gasteiger partial charge < -0.3 is 9.72 Å². The molecule has 0 radical (unpaired) electrons. The fourth-order valence-electron chi connectivity index (χ4n) is 4.09. The van der Waals surface area contributed by atoms with Crippen LogP contribution in [0.15, 0.2) is 40.6 Å². The van der Waals surface area contributed by atoms with Crippen LogP contribution in [0.5, 0.6) is 0 Å². The minimum Gasteiger partial charge on any atom is -0.373 e. The van der Waals surface area contributed by atoms with Crippen LogP contribution in [0.1, 0.15) is 29.9 Å². The van der Waals surface area contributed by atoms with Gasteiger partial charge in [0.25, 0.3) is 11.5 Å². The van der Waals surface area contributed by atoms with E-state index in [-0.39, 0.29) is 29.2 Å². The second kappa shape index (κ2) is 7.88. The maximum absolute atomic E-state index is 12.9. The average molecular weight is 439 g/mol. The first-order chi connectivity index (χ1) is 15.0. The van der Waals surface area contributed by atoms with Gasteiger partial charge in [0, 0.05) is 25.0 Å². The summed E-state index contributed by atoms with van der Waals surface area (Å²) in [6.07, 6.45) is 1.84. The molecule has 1 amide bonds. The highest BCUT2D eigenvalue weighted by Gasteiger charge is 2.23. The van der Waals surface area contributed by atoms with E-state index in [0.29, 0.717) is 28.2 Å². The third-order valence-electron chi connectivity index (χ3n) is 5.28. The largest absolute Gasteiger partial charge is 0.373 e. The first kappa shape index (κ1) is 19.9. The monoisotopic (exact) mass is 438 g/mol. The number of benzene rings is 1. The number of hydrogen-bond acceptors (Lipinski definition) is 7. The van der Waals surface area contributed by atoms with Crippen LogP contribution in [0.25, 0.3) is 16.6 Å². The first-order valence-corrected chi connectivity index (χ1v) is 11.0. The number of nitrogens with one attached hydrogen (secondary N) is 2. The van der Waals surface area contributed by atoms with E-state index in [2.05, 4.69) is 39.1 Å². The Morgan fingerprint density at radius 1 is 1.29 bits per heavy atom. The van der Waals surface area contributed by atoms with E-state index in [1.54, 1.807) is 22.7 Å². The molecule has 10 heteroatoms. The van der Waals surface area contributed by atoms with E-state index in [0.717, 1.165) is 18.8 Å². The fraction of sp³-hybridized carbons (Fsp3) is 0.333. The van der Waals surface area contributed by atoms with E-state index in [4.69, 9.17) is 4.74 Å². The highest BCUT2D eigenvalue weighted by Crippen LogP contribution is 2.21. The van der Waals surface area contributed by atoms with Gasteiger partial charge in [-0.1, -0.05) is 12.1 Å². The lowest BCUT2D eigenvalue weighted by molar-refractivity contribution is -0.0707. The first-order valence-electron chi connectivity index (χ1n) is 10.1. The van der Waals surface area contributed by atoms with Crippen molar-refractivity contribution in [1.82, 2.24) is 24.5 Å². The topological polar surface area (TPSA) is 105 Å². The van der Waals surface area contributed by atoms with E-state index in [1.165, 1.54) is 17.5 Å². The quantitative estimate of drug-likeness (QED) is 0.507. The molecule has 2 unspecified atom stereocenters. The molecular formula is C21H22N6O3S. The number of rotatable bonds is 4. The maximum Gasteiger partial charge on any atom is 0.262 e. The third kappa shape index (κ3) is 3.85. The van der Waals surface area contributed by atoms with Crippen LogP contribution in [0.2, 0.25) is 0 Å².